The smallest absolute Gasteiger partial charge is 0.0107 e. The van der Waals surface area contributed by atoms with Crippen molar-refractivity contribution in [3.63, 3.8) is 0 Å². The highest BCUT2D eigenvalue weighted by atomic mass is 32.2. The summed E-state index contributed by atoms with van der Waals surface area (Å²) in [4.78, 5) is 1.56. The molecule has 0 amide bonds. The molecular formula is C11H12S. The first kappa shape index (κ1) is 7.02. The fourth-order valence-electron chi connectivity index (χ4n) is 2.03. The first-order valence-electron chi connectivity index (χ1n) is 4.70. The van der Waals surface area contributed by atoms with Crippen molar-refractivity contribution in [2.24, 2.45) is 0 Å². The number of thioether (sulfide) groups is 1. The number of hydrogen-bond acceptors (Lipinski definition) is 1. The van der Waals surface area contributed by atoms with Gasteiger partial charge in [0.2, 0.25) is 0 Å². The Kier molecular flexibility index (Phi) is 1.48. The van der Waals surface area contributed by atoms with E-state index in [9.17, 15) is 0 Å². The molecule has 0 aromatic heterocycles. The van der Waals surface area contributed by atoms with Crippen LogP contribution in [0.5, 0.6) is 0 Å². The van der Waals surface area contributed by atoms with Gasteiger partial charge in [-0.25, -0.2) is 0 Å². The van der Waals surface area contributed by atoms with Gasteiger partial charge in [0.1, 0.15) is 0 Å². The van der Waals surface area contributed by atoms with Gasteiger partial charge in [-0.1, -0.05) is 12.1 Å². The van der Waals surface area contributed by atoms with E-state index in [-0.39, 0.29) is 0 Å². The molecule has 0 N–H and O–H groups in total. The van der Waals surface area contributed by atoms with Crippen LogP contribution < -0.4 is 0 Å². The third-order valence-electron chi connectivity index (χ3n) is 2.80. The van der Waals surface area contributed by atoms with E-state index < -0.39 is 0 Å². The summed E-state index contributed by atoms with van der Waals surface area (Å²) in [5.41, 5.74) is 3.34. The molecule has 2 aliphatic rings. The fraction of sp³-hybridized carbons (Fsp3) is 0.455. The molecule has 1 aromatic carbocycles. The highest BCUT2D eigenvalue weighted by molar-refractivity contribution is 7.99. The normalized spacial score (nSPS) is 21.0. The lowest BCUT2D eigenvalue weighted by atomic mass is 10.0. The number of fused-ring (bicyclic) bond motifs is 1. The van der Waals surface area contributed by atoms with Crippen LogP contribution in [0.1, 0.15) is 29.9 Å². The minimum absolute atomic E-state index is 0.929. The highest BCUT2D eigenvalue weighted by Gasteiger charge is 2.28. The molecule has 12 heavy (non-hydrogen) atoms. The molecule has 1 aromatic rings. The zero-order valence-electron chi connectivity index (χ0n) is 7.05. The Labute approximate surface area is 77.4 Å². The van der Waals surface area contributed by atoms with Crippen molar-refractivity contribution in [1.82, 2.24) is 0 Å². The first-order chi connectivity index (χ1) is 5.95. The molecule has 0 spiro atoms. The van der Waals surface area contributed by atoms with Crippen molar-refractivity contribution in [2.45, 2.75) is 30.1 Å². The summed E-state index contributed by atoms with van der Waals surface area (Å²) in [6.07, 6.45) is 4.18. The summed E-state index contributed by atoms with van der Waals surface area (Å²) < 4.78 is 0. The van der Waals surface area contributed by atoms with E-state index in [0.717, 1.165) is 5.92 Å². The van der Waals surface area contributed by atoms with E-state index >= 15 is 0 Å². The van der Waals surface area contributed by atoms with Crippen LogP contribution in [0.3, 0.4) is 0 Å². The van der Waals surface area contributed by atoms with Gasteiger partial charge in [0.25, 0.3) is 0 Å². The minimum atomic E-state index is 0.929. The largest absolute Gasteiger partial charge is 0.126 e. The maximum atomic E-state index is 2.34. The van der Waals surface area contributed by atoms with E-state index in [4.69, 9.17) is 0 Å². The van der Waals surface area contributed by atoms with Crippen LogP contribution in [0.4, 0.5) is 0 Å². The quantitative estimate of drug-likeness (QED) is 0.633. The van der Waals surface area contributed by atoms with E-state index in [0.29, 0.717) is 0 Å². The molecule has 0 atom stereocenters. The van der Waals surface area contributed by atoms with Crippen molar-refractivity contribution in [3.05, 3.63) is 29.3 Å². The Bertz CT molecular complexity index is 313. The molecule has 1 heteroatoms. The molecule has 1 saturated carbocycles. The number of rotatable bonds is 1. The molecule has 1 aliphatic carbocycles. The Morgan fingerprint density at radius 2 is 2.17 bits per heavy atom. The van der Waals surface area contributed by atoms with Crippen molar-refractivity contribution in [3.8, 4) is 0 Å². The lowest BCUT2D eigenvalue weighted by molar-refractivity contribution is 1.02. The van der Waals surface area contributed by atoms with Crippen molar-refractivity contribution >= 4 is 11.8 Å². The second-order valence-corrected chi connectivity index (χ2v) is 4.83. The summed E-state index contributed by atoms with van der Waals surface area (Å²) in [5, 5.41) is 0. The lowest BCUT2D eigenvalue weighted by Crippen LogP contribution is -1.89. The number of benzene rings is 1. The van der Waals surface area contributed by atoms with Gasteiger partial charge in [0, 0.05) is 10.6 Å². The maximum absolute atomic E-state index is 2.34. The Hall–Kier alpha value is -0.430. The molecule has 0 radical (unpaired) electrons. The fourth-order valence-corrected chi connectivity index (χ4v) is 3.12. The minimum Gasteiger partial charge on any atom is -0.126 e. The molecule has 0 bridgehead atoms. The summed E-state index contributed by atoms with van der Waals surface area (Å²) in [7, 11) is 0. The van der Waals surface area contributed by atoms with Crippen molar-refractivity contribution in [1.29, 1.82) is 0 Å². The van der Waals surface area contributed by atoms with Crippen LogP contribution in [-0.2, 0) is 6.42 Å². The van der Waals surface area contributed by atoms with Crippen LogP contribution >= 0.6 is 11.8 Å². The molecule has 0 nitrogen and oxygen atoms in total. The van der Waals surface area contributed by atoms with Crippen LogP contribution in [0.15, 0.2) is 23.1 Å². The van der Waals surface area contributed by atoms with Gasteiger partial charge in [0.15, 0.2) is 0 Å². The van der Waals surface area contributed by atoms with Crippen LogP contribution in [0, 0.1) is 0 Å². The SMILES string of the molecule is c1cc2c(c(C3CC3)c1)CCS2. The number of hydrogen-bond donors (Lipinski definition) is 0. The van der Waals surface area contributed by atoms with Crippen molar-refractivity contribution in [2.75, 3.05) is 5.75 Å². The molecule has 1 fully saturated rings. The van der Waals surface area contributed by atoms with Gasteiger partial charge in [0.05, 0.1) is 0 Å². The highest BCUT2D eigenvalue weighted by Crippen LogP contribution is 2.45. The second kappa shape index (κ2) is 2.53. The first-order valence-corrected chi connectivity index (χ1v) is 5.68. The molecule has 1 heterocycles. The monoisotopic (exact) mass is 176 g/mol. The van der Waals surface area contributed by atoms with Gasteiger partial charge in [-0.15, -0.1) is 11.8 Å². The van der Waals surface area contributed by atoms with E-state index in [1.807, 2.05) is 11.8 Å². The average molecular weight is 176 g/mol. The van der Waals surface area contributed by atoms with Gasteiger partial charge >= 0.3 is 0 Å². The third kappa shape index (κ3) is 0.996. The predicted octanol–water partition coefficient (Wildman–Crippen LogP) is 3.21. The second-order valence-electron chi connectivity index (χ2n) is 3.70. The van der Waals surface area contributed by atoms with Crippen molar-refractivity contribution < 1.29 is 0 Å². The molecule has 3 rings (SSSR count). The van der Waals surface area contributed by atoms with Gasteiger partial charge < -0.3 is 0 Å². The lowest BCUT2D eigenvalue weighted by Gasteiger charge is -2.04. The van der Waals surface area contributed by atoms with Gasteiger partial charge in [-0.05, 0) is 42.4 Å². The summed E-state index contributed by atoms with van der Waals surface area (Å²) in [5.74, 6) is 2.23. The Balaban J connectivity index is 2.12. The van der Waals surface area contributed by atoms with E-state index in [1.165, 1.54) is 25.0 Å². The summed E-state index contributed by atoms with van der Waals surface area (Å²) in [6.45, 7) is 0. The van der Waals surface area contributed by atoms with Crippen LogP contribution in [0.2, 0.25) is 0 Å². The van der Waals surface area contributed by atoms with Crippen LogP contribution in [-0.4, -0.2) is 5.75 Å². The maximum Gasteiger partial charge on any atom is 0.0107 e. The Morgan fingerprint density at radius 1 is 1.25 bits per heavy atom. The molecule has 0 saturated heterocycles. The third-order valence-corrected chi connectivity index (χ3v) is 3.90. The molecule has 62 valence electrons. The predicted molar refractivity (Wildman–Crippen MR) is 52.8 cm³/mol. The average Bonchev–Trinajstić information content (AvgIpc) is 2.82. The standard InChI is InChI=1S/C11H12S/c1-2-9(8-4-5-8)10-6-7-12-11(10)3-1/h1-3,8H,4-7H2. The van der Waals surface area contributed by atoms with Gasteiger partial charge in [-0.2, -0.15) is 0 Å². The topological polar surface area (TPSA) is 0 Å². The summed E-state index contributed by atoms with van der Waals surface area (Å²) >= 11 is 2.03. The van der Waals surface area contributed by atoms with Gasteiger partial charge in [-0.3, -0.25) is 0 Å². The zero-order chi connectivity index (χ0) is 7.97. The molecule has 1 aliphatic heterocycles. The summed E-state index contributed by atoms with van der Waals surface area (Å²) in [6, 6.07) is 6.84. The molecular weight excluding hydrogens is 164 g/mol. The molecule has 0 unspecified atom stereocenters. The van der Waals surface area contributed by atoms with E-state index in [2.05, 4.69) is 18.2 Å². The zero-order valence-corrected chi connectivity index (χ0v) is 7.86. The van der Waals surface area contributed by atoms with Crippen LogP contribution in [0.25, 0.3) is 0 Å². The Morgan fingerprint density at radius 3 is 3.00 bits per heavy atom. The van der Waals surface area contributed by atoms with E-state index in [1.54, 1.807) is 16.0 Å².